The lowest BCUT2D eigenvalue weighted by Gasteiger charge is -2.43. The summed E-state index contributed by atoms with van der Waals surface area (Å²) in [5.74, 6) is 9.19. The Morgan fingerprint density at radius 2 is 1.75 bits per heavy atom. The van der Waals surface area contributed by atoms with Crippen LogP contribution >= 0.6 is 11.8 Å². The molecule has 1 heterocycles. The van der Waals surface area contributed by atoms with E-state index in [0.29, 0.717) is 4.75 Å². The molecule has 1 heteroatoms. The lowest BCUT2D eigenvalue weighted by atomic mass is 9.66. The van der Waals surface area contributed by atoms with Crippen LogP contribution in [0.5, 0.6) is 0 Å². The van der Waals surface area contributed by atoms with Crippen molar-refractivity contribution in [1.29, 1.82) is 0 Å². The SMILES string of the molecule is CCC1CC(CC)C2C3CC(CC3C3(C)CCCS3)C12. The third-order valence-electron chi connectivity index (χ3n) is 7.91. The summed E-state index contributed by atoms with van der Waals surface area (Å²) in [6.07, 6.45) is 10.7. The van der Waals surface area contributed by atoms with Crippen LogP contribution in [0.15, 0.2) is 0 Å². The van der Waals surface area contributed by atoms with Crippen LogP contribution in [-0.4, -0.2) is 10.5 Å². The van der Waals surface area contributed by atoms with Crippen molar-refractivity contribution >= 4 is 11.8 Å². The molecule has 20 heavy (non-hydrogen) atoms. The highest BCUT2D eigenvalue weighted by molar-refractivity contribution is 8.00. The van der Waals surface area contributed by atoms with Gasteiger partial charge in [-0.3, -0.25) is 0 Å². The number of thioether (sulfide) groups is 1. The van der Waals surface area contributed by atoms with Gasteiger partial charge in [0.25, 0.3) is 0 Å². The van der Waals surface area contributed by atoms with Crippen molar-refractivity contribution in [3.8, 4) is 0 Å². The summed E-state index contributed by atoms with van der Waals surface area (Å²) < 4.78 is 0.660. The van der Waals surface area contributed by atoms with Gasteiger partial charge >= 0.3 is 0 Å². The van der Waals surface area contributed by atoms with Gasteiger partial charge in [-0.2, -0.15) is 11.8 Å². The molecule has 1 aliphatic heterocycles. The van der Waals surface area contributed by atoms with E-state index in [9.17, 15) is 0 Å². The highest BCUT2D eigenvalue weighted by Gasteiger charge is 2.62. The van der Waals surface area contributed by atoms with E-state index in [0.717, 1.165) is 41.4 Å². The van der Waals surface area contributed by atoms with Crippen molar-refractivity contribution < 1.29 is 0 Å². The van der Waals surface area contributed by atoms with Gasteiger partial charge in [0.15, 0.2) is 0 Å². The Bertz CT molecular complexity index is 370. The van der Waals surface area contributed by atoms with Gasteiger partial charge in [0.2, 0.25) is 0 Å². The zero-order chi connectivity index (χ0) is 13.9. The molecule has 0 radical (unpaired) electrons. The first kappa shape index (κ1) is 14.0. The quantitative estimate of drug-likeness (QED) is 0.651. The largest absolute Gasteiger partial charge is 0.155 e. The summed E-state index contributed by atoms with van der Waals surface area (Å²) in [6, 6.07) is 0. The molecule has 8 unspecified atom stereocenters. The van der Waals surface area contributed by atoms with Crippen molar-refractivity contribution in [3.05, 3.63) is 0 Å². The number of fused-ring (bicyclic) bond motifs is 5. The molecule has 0 aromatic carbocycles. The Morgan fingerprint density at radius 1 is 1.00 bits per heavy atom. The van der Waals surface area contributed by atoms with E-state index < -0.39 is 0 Å². The molecule has 3 aliphatic carbocycles. The zero-order valence-electron chi connectivity index (χ0n) is 13.6. The lowest BCUT2D eigenvalue weighted by Crippen LogP contribution is -2.39. The molecule has 1 saturated heterocycles. The van der Waals surface area contributed by atoms with Gasteiger partial charge < -0.3 is 0 Å². The smallest absolute Gasteiger partial charge is 0.0163 e. The summed E-state index contributed by atoms with van der Waals surface area (Å²) in [5.41, 5.74) is 0. The predicted molar refractivity (Wildman–Crippen MR) is 89.0 cm³/mol. The molecular weight excluding hydrogens is 260 g/mol. The maximum atomic E-state index is 2.62. The molecule has 2 bridgehead atoms. The van der Waals surface area contributed by atoms with Crippen LogP contribution in [0, 0.1) is 41.4 Å². The summed E-state index contributed by atoms with van der Waals surface area (Å²) in [7, 11) is 0. The highest BCUT2D eigenvalue weighted by atomic mass is 32.2. The third kappa shape index (κ3) is 1.80. The number of hydrogen-bond donors (Lipinski definition) is 0. The lowest BCUT2D eigenvalue weighted by molar-refractivity contribution is 0.112. The van der Waals surface area contributed by atoms with Crippen LogP contribution in [0.25, 0.3) is 0 Å². The minimum absolute atomic E-state index is 0.660. The van der Waals surface area contributed by atoms with Crippen LogP contribution in [0.4, 0.5) is 0 Å². The van der Waals surface area contributed by atoms with Crippen LogP contribution < -0.4 is 0 Å². The molecule has 4 fully saturated rings. The Morgan fingerprint density at radius 3 is 2.40 bits per heavy atom. The highest BCUT2D eigenvalue weighted by Crippen LogP contribution is 2.69. The van der Waals surface area contributed by atoms with Gasteiger partial charge in [-0.05, 0) is 79.3 Å². The van der Waals surface area contributed by atoms with Crippen LogP contribution in [-0.2, 0) is 0 Å². The van der Waals surface area contributed by atoms with Crippen LogP contribution in [0.3, 0.4) is 0 Å². The molecule has 0 spiro atoms. The number of rotatable bonds is 3. The Labute approximate surface area is 129 Å². The zero-order valence-corrected chi connectivity index (χ0v) is 14.4. The molecule has 4 aliphatic rings. The van der Waals surface area contributed by atoms with Crippen molar-refractivity contribution in [2.75, 3.05) is 5.75 Å². The standard InChI is InChI=1S/C19H32S/c1-4-12-9-13(5-2)18-15-10-14(17(12)18)11-16(15)19(3)7-6-8-20-19/h12-18H,4-11H2,1-3H3. The fourth-order valence-electron chi connectivity index (χ4n) is 7.19. The van der Waals surface area contributed by atoms with Gasteiger partial charge in [0.05, 0.1) is 0 Å². The second-order valence-corrected chi connectivity index (χ2v) is 10.1. The van der Waals surface area contributed by atoms with E-state index in [1.807, 2.05) is 0 Å². The first-order valence-corrected chi connectivity index (χ1v) is 10.3. The van der Waals surface area contributed by atoms with Gasteiger partial charge in [-0.25, -0.2) is 0 Å². The fraction of sp³-hybridized carbons (Fsp3) is 1.00. The van der Waals surface area contributed by atoms with E-state index >= 15 is 0 Å². The van der Waals surface area contributed by atoms with Crippen molar-refractivity contribution in [3.63, 3.8) is 0 Å². The molecule has 3 saturated carbocycles. The van der Waals surface area contributed by atoms with E-state index in [1.165, 1.54) is 31.4 Å². The second kappa shape index (κ2) is 4.93. The molecule has 8 atom stereocenters. The first-order valence-electron chi connectivity index (χ1n) is 9.32. The first-order chi connectivity index (χ1) is 9.68. The number of hydrogen-bond acceptors (Lipinski definition) is 1. The minimum atomic E-state index is 0.660. The Balaban J connectivity index is 1.60. The van der Waals surface area contributed by atoms with E-state index in [4.69, 9.17) is 0 Å². The monoisotopic (exact) mass is 292 g/mol. The molecule has 0 amide bonds. The molecule has 0 aromatic rings. The molecule has 114 valence electrons. The fourth-order valence-corrected chi connectivity index (χ4v) is 8.72. The third-order valence-corrected chi connectivity index (χ3v) is 9.57. The predicted octanol–water partition coefficient (Wildman–Crippen LogP) is 5.62. The van der Waals surface area contributed by atoms with Crippen LogP contribution in [0.2, 0.25) is 0 Å². The van der Waals surface area contributed by atoms with Crippen LogP contribution in [0.1, 0.15) is 65.7 Å². The average Bonchev–Trinajstić information content (AvgIpc) is 3.18. The van der Waals surface area contributed by atoms with Gasteiger partial charge in [0.1, 0.15) is 0 Å². The normalized spacial score (nSPS) is 57.5. The molecule has 0 aromatic heterocycles. The minimum Gasteiger partial charge on any atom is -0.155 e. The molecular formula is C19H32S. The Hall–Kier alpha value is 0.350. The van der Waals surface area contributed by atoms with Crippen molar-refractivity contribution in [2.24, 2.45) is 41.4 Å². The topological polar surface area (TPSA) is 0 Å². The van der Waals surface area contributed by atoms with E-state index in [-0.39, 0.29) is 0 Å². The summed E-state index contributed by atoms with van der Waals surface area (Å²) in [4.78, 5) is 0. The molecule has 0 N–H and O–H groups in total. The average molecular weight is 293 g/mol. The van der Waals surface area contributed by atoms with Gasteiger partial charge in [-0.15, -0.1) is 0 Å². The van der Waals surface area contributed by atoms with E-state index in [1.54, 1.807) is 19.3 Å². The molecule has 4 rings (SSSR count). The summed E-state index contributed by atoms with van der Waals surface area (Å²) in [6.45, 7) is 7.54. The van der Waals surface area contributed by atoms with Gasteiger partial charge in [-0.1, -0.05) is 33.6 Å². The summed E-state index contributed by atoms with van der Waals surface area (Å²) in [5, 5.41) is 0. The summed E-state index contributed by atoms with van der Waals surface area (Å²) >= 11 is 2.33. The van der Waals surface area contributed by atoms with Crippen molar-refractivity contribution in [2.45, 2.75) is 70.5 Å². The van der Waals surface area contributed by atoms with Gasteiger partial charge in [0, 0.05) is 4.75 Å². The van der Waals surface area contributed by atoms with E-state index in [2.05, 4.69) is 32.5 Å². The van der Waals surface area contributed by atoms with Crippen molar-refractivity contribution in [1.82, 2.24) is 0 Å². The maximum Gasteiger partial charge on any atom is 0.0163 e. The maximum absolute atomic E-state index is 2.62. The second-order valence-electron chi connectivity index (χ2n) is 8.49. The Kier molecular flexibility index (Phi) is 3.45. The molecule has 0 nitrogen and oxygen atoms in total.